The van der Waals surface area contributed by atoms with Gasteiger partial charge in [0.1, 0.15) is 5.15 Å². The van der Waals surface area contributed by atoms with Crippen molar-refractivity contribution in [1.82, 2.24) is 9.88 Å². The van der Waals surface area contributed by atoms with Gasteiger partial charge in [-0.2, -0.15) is 0 Å². The van der Waals surface area contributed by atoms with Gasteiger partial charge in [0, 0.05) is 30.3 Å². The van der Waals surface area contributed by atoms with Crippen molar-refractivity contribution in [3.05, 3.63) is 40.3 Å². The van der Waals surface area contributed by atoms with Gasteiger partial charge in [-0.25, -0.2) is 9.78 Å². The Morgan fingerprint density at radius 1 is 1.48 bits per heavy atom. The third-order valence-corrected chi connectivity index (χ3v) is 5.23. The van der Waals surface area contributed by atoms with Gasteiger partial charge in [0.2, 0.25) is 5.91 Å². The molecule has 1 N–H and O–H groups in total. The highest BCUT2D eigenvalue weighted by Gasteiger charge is 2.42. The summed E-state index contributed by atoms with van der Waals surface area (Å²) in [6.45, 7) is 4.55. The molecule has 1 amide bonds. The number of aliphatic carboxylic acids is 1. The highest BCUT2D eigenvalue weighted by Crippen LogP contribution is 2.40. The Kier molecular flexibility index (Phi) is 5.11. The van der Waals surface area contributed by atoms with Gasteiger partial charge in [0.15, 0.2) is 0 Å². The lowest BCUT2D eigenvalue weighted by Crippen LogP contribution is -2.46. The maximum Gasteiger partial charge on any atom is 0.333 e. The molecule has 1 fully saturated rings. The topological polar surface area (TPSA) is 79.7 Å². The van der Waals surface area contributed by atoms with E-state index in [-0.39, 0.29) is 17.6 Å². The fraction of sp³-hybridized carbons (Fsp3) is 0.500. The summed E-state index contributed by atoms with van der Waals surface area (Å²) in [5.74, 6) is -2.15. The van der Waals surface area contributed by atoms with Crippen molar-refractivity contribution in [2.24, 2.45) is 5.92 Å². The third kappa shape index (κ3) is 3.41. The molecule has 1 saturated heterocycles. The number of carbonyl (C=O) groups excluding carboxylic acids is 1. The monoisotopic (exact) mass is 364 g/mol. The molecule has 2 aliphatic rings. The maximum atomic E-state index is 12.9. The number of ether oxygens (including phenoxy) is 1. The average molecular weight is 365 g/mol. The summed E-state index contributed by atoms with van der Waals surface area (Å²) < 4.78 is 5.62. The van der Waals surface area contributed by atoms with E-state index in [0.29, 0.717) is 29.6 Å². The molecule has 1 aromatic rings. The number of amides is 1. The second-order valence-corrected chi connectivity index (χ2v) is 6.96. The van der Waals surface area contributed by atoms with Gasteiger partial charge in [0.05, 0.1) is 18.2 Å². The molecular formula is C18H21ClN2O4. The average Bonchev–Trinajstić information content (AvgIpc) is 3.08. The summed E-state index contributed by atoms with van der Waals surface area (Å²) in [6, 6.07) is 3.34. The summed E-state index contributed by atoms with van der Waals surface area (Å²) >= 11 is 5.83. The molecule has 134 valence electrons. The number of hydrogen-bond acceptors (Lipinski definition) is 4. The summed E-state index contributed by atoms with van der Waals surface area (Å²) in [5, 5.41) is 10.1. The molecule has 1 unspecified atom stereocenters. The Bertz CT molecular complexity index is 710. The number of nitrogens with zero attached hydrogens (tertiary/aromatic N) is 2. The predicted molar refractivity (Wildman–Crippen MR) is 92.2 cm³/mol. The molecule has 7 heteroatoms. The van der Waals surface area contributed by atoms with Crippen molar-refractivity contribution in [2.75, 3.05) is 13.2 Å². The molecule has 3 atom stereocenters. The van der Waals surface area contributed by atoms with Crippen LogP contribution in [0.3, 0.4) is 0 Å². The molecule has 3 heterocycles. The molecule has 0 aliphatic carbocycles. The summed E-state index contributed by atoms with van der Waals surface area (Å²) in [6.07, 6.45) is 3.37. The van der Waals surface area contributed by atoms with Crippen LogP contribution in [-0.2, 0) is 14.3 Å². The number of hydrogen-bond donors (Lipinski definition) is 1. The Morgan fingerprint density at radius 2 is 2.24 bits per heavy atom. The molecule has 1 aromatic heterocycles. The van der Waals surface area contributed by atoms with Gasteiger partial charge in [-0.3, -0.25) is 4.79 Å². The number of pyridine rings is 1. The van der Waals surface area contributed by atoms with E-state index >= 15 is 0 Å². The van der Waals surface area contributed by atoms with Crippen LogP contribution >= 0.6 is 11.6 Å². The van der Waals surface area contributed by atoms with Gasteiger partial charge in [-0.15, -0.1) is 0 Å². The normalized spacial score (nSPS) is 27.1. The molecule has 25 heavy (non-hydrogen) atoms. The van der Waals surface area contributed by atoms with Gasteiger partial charge in [-0.1, -0.05) is 24.6 Å². The van der Waals surface area contributed by atoms with Crippen molar-refractivity contribution in [3.8, 4) is 0 Å². The maximum absolute atomic E-state index is 12.9. The van der Waals surface area contributed by atoms with Crippen molar-refractivity contribution >= 4 is 23.5 Å². The molecule has 2 aliphatic heterocycles. The number of carbonyl (C=O) groups is 2. The van der Waals surface area contributed by atoms with Crippen LogP contribution < -0.4 is 0 Å². The quantitative estimate of drug-likeness (QED) is 0.831. The van der Waals surface area contributed by atoms with Crippen molar-refractivity contribution in [2.45, 2.75) is 38.7 Å². The molecule has 0 spiro atoms. The van der Waals surface area contributed by atoms with E-state index < -0.39 is 17.8 Å². The standard InChI is InChI=1S/C18H21ClN2O4/c1-10-15(12-5-6-14(19)20-8-12)16(18(23)24)11(2)21(17(10)22)9-13-4-3-7-25-13/h5-6,8,10,13,15H,3-4,7,9H2,1-2H3,(H,23,24)/t10?,13-,15-/m0/s1. The first-order chi connectivity index (χ1) is 11.9. The molecule has 3 rings (SSSR count). The largest absolute Gasteiger partial charge is 0.478 e. The highest BCUT2D eigenvalue weighted by molar-refractivity contribution is 6.29. The Hall–Kier alpha value is -1.92. The summed E-state index contributed by atoms with van der Waals surface area (Å²) in [5.41, 5.74) is 1.39. The van der Waals surface area contributed by atoms with Crippen LogP contribution in [-0.4, -0.2) is 46.1 Å². The van der Waals surface area contributed by atoms with Crippen LogP contribution in [0.15, 0.2) is 29.6 Å². The van der Waals surface area contributed by atoms with E-state index in [1.54, 1.807) is 37.1 Å². The van der Waals surface area contributed by atoms with E-state index in [2.05, 4.69) is 4.98 Å². The number of allylic oxidation sites excluding steroid dienone is 1. The van der Waals surface area contributed by atoms with Crippen molar-refractivity contribution in [1.29, 1.82) is 0 Å². The zero-order valence-electron chi connectivity index (χ0n) is 14.2. The molecule has 0 saturated carbocycles. The zero-order chi connectivity index (χ0) is 18.1. The Balaban J connectivity index is 2.01. The number of carboxylic acids is 1. The minimum atomic E-state index is -1.02. The third-order valence-electron chi connectivity index (χ3n) is 5.01. The summed E-state index contributed by atoms with van der Waals surface area (Å²) in [4.78, 5) is 30.5. The van der Waals surface area contributed by atoms with Crippen LogP contribution in [0.5, 0.6) is 0 Å². The van der Waals surface area contributed by atoms with Crippen LogP contribution in [0.4, 0.5) is 0 Å². The van der Waals surface area contributed by atoms with Gasteiger partial charge < -0.3 is 14.7 Å². The number of aromatic nitrogens is 1. The molecule has 0 radical (unpaired) electrons. The molecule has 6 nitrogen and oxygen atoms in total. The smallest absolute Gasteiger partial charge is 0.333 e. The van der Waals surface area contributed by atoms with Crippen LogP contribution in [0.2, 0.25) is 5.15 Å². The van der Waals surface area contributed by atoms with Crippen molar-refractivity contribution < 1.29 is 19.4 Å². The van der Waals surface area contributed by atoms with E-state index in [1.807, 2.05) is 0 Å². The fourth-order valence-corrected chi connectivity index (χ4v) is 3.82. The lowest BCUT2D eigenvalue weighted by atomic mass is 9.77. The first-order valence-electron chi connectivity index (χ1n) is 8.38. The Morgan fingerprint density at radius 3 is 2.80 bits per heavy atom. The van der Waals surface area contributed by atoms with Gasteiger partial charge in [0.25, 0.3) is 0 Å². The predicted octanol–water partition coefficient (Wildman–Crippen LogP) is 2.83. The first-order valence-corrected chi connectivity index (χ1v) is 8.76. The zero-order valence-corrected chi connectivity index (χ0v) is 15.0. The van der Waals surface area contributed by atoms with E-state index in [0.717, 1.165) is 12.8 Å². The second-order valence-electron chi connectivity index (χ2n) is 6.57. The van der Waals surface area contributed by atoms with Crippen LogP contribution in [0, 0.1) is 5.92 Å². The lowest BCUT2D eigenvalue weighted by Gasteiger charge is -2.38. The van der Waals surface area contributed by atoms with Crippen LogP contribution in [0.1, 0.15) is 38.2 Å². The van der Waals surface area contributed by atoms with E-state index in [9.17, 15) is 14.7 Å². The first kappa shape index (κ1) is 17.9. The number of carboxylic acid groups (broad SMARTS) is 1. The van der Waals surface area contributed by atoms with Gasteiger partial charge >= 0.3 is 5.97 Å². The SMILES string of the molecule is CC1=C(C(=O)O)[C@H](c2ccc(Cl)nc2)C(C)C(=O)N1C[C@@H]1CCCO1. The van der Waals surface area contributed by atoms with Crippen molar-refractivity contribution in [3.63, 3.8) is 0 Å². The van der Waals surface area contributed by atoms with Gasteiger partial charge in [-0.05, 0) is 31.4 Å². The minimum absolute atomic E-state index is 0.0325. The second kappa shape index (κ2) is 7.14. The summed E-state index contributed by atoms with van der Waals surface area (Å²) in [7, 11) is 0. The minimum Gasteiger partial charge on any atom is -0.478 e. The molecule has 0 bridgehead atoms. The number of halogens is 1. The van der Waals surface area contributed by atoms with E-state index in [1.165, 1.54) is 0 Å². The molecule has 0 aromatic carbocycles. The van der Waals surface area contributed by atoms with Crippen LogP contribution in [0.25, 0.3) is 0 Å². The Labute approximate surface area is 151 Å². The number of rotatable bonds is 4. The lowest BCUT2D eigenvalue weighted by molar-refractivity contribution is -0.138. The van der Waals surface area contributed by atoms with E-state index in [4.69, 9.17) is 16.3 Å². The fourth-order valence-electron chi connectivity index (χ4n) is 3.71. The highest BCUT2D eigenvalue weighted by atomic mass is 35.5. The molecular weight excluding hydrogens is 344 g/mol.